The van der Waals surface area contributed by atoms with Crippen LogP contribution in [-0.2, 0) is 0 Å². The molecule has 0 atom stereocenters. The fourth-order valence-corrected chi connectivity index (χ4v) is 6.96. The smallest absolute Gasteiger partial charge is 0.0623 e. The van der Waals surface area contributed by atoms with E-state index in [1.54, 1.807) is 0 Å². The summed E-state index contributed by atoms with van der Waals surface area (Å²) in [6.07, 6.45) is 13.5. The molecule has 0 fully saturated rings. The van der Waals surface area contributed by atoms with Gasteiger partial charge in [0.25, 0.3) is 0 Å². The molecular weight excluding hydrogens is 560 g/mol. The minimum atomic E-state index is 1.02. The van der Waals surface area contributed by atoms with Gasteiger partial charge in [0.15, 0.2) is 0 Å². The number of anilines is 4. The molecule has 0 aliphatic heterocycles. The molecule has 4 nitrogen and oxygen atoms in total. The van der Waals surface area contributed by atoms with Crippen LogP contribution in [0.15, 0.2) is 133 Å². The average molecular weight is 597 g/mol. The van der Waals surface area contributed by atoms with Crippen LogP contribution in [0.4, 0.5) is 22.7 Å². The number of nitrogens with zero attached hydrogens (tertiary/aromatic N) is 2. The van der Waals surface area contributed by atoms with Gasteiger partial charge in [-0.2, -0.15) is 0 Å². The van der Waals surface area contributed by atoms with E-state index in [0.717, 1.165) is 41.3 Å². The molecule has 0 unspecified atom stereocenters. The molecule has 0 spiro atoms. The summed E-state index contributed by atoms with van der Waals surface area (Å²) in [5, 5.41) is 13.6. The molecule has 0 saturated carbocycles. The van der Waals surface area contributed by atoms with E-state index < -0.39 is 0 Å². The lowest BCUT2D eigenvalue weighted by Crippen LogP contribution is -2.27. The van der Waals surface area contributed by atoms with Gasteiger partial charge < -0.3 is 19.8 Å². The first-order valence-corrected chi connectivity index (χ1v) is 16.1. The Kier molecular flexibility index (Phi) is 7.03. The lowest BCUT2D eigenvalue weighted by molar-refractivity contribution is 1.02. The van der Waals surface area contributed by atoms with E-state index in [0.29, 0.717) is 0 Å². The second kappa shape index (κ2) is 11.6. The zero-order chi connectivity index (χ0) is 31.0. The SMILES string of the molecule is C/C=c1\c(=C/C)n(-c2ccccc2)c2ccc(Nc3ccccc3Nc3ccc4c(c3)c3ccccc3n4C3=CCCC=C3)cc12. The van der Waals surface area contributed by atoms with Crippen molar-refractivity contribution in [3.8, 4) is 5.69 Å². The van der Waals surface area contributed by atoms with E-state index in [4.69, 9.17) is 0 Å². The largest absolute Gasteiger partial charge is 0.354 e. The third-order valence-electron chi connectivity index (χ3n) is 9.01. The van der Waals surface area contributed by atoms with Crippen LogP contribution in [0.5, 0.6) is 0 Å². The third kappa shape index (κ3) is 4.70. The molecule has 1 aliphatic rings. The van der Waals surface area contributed by atoms with E-state index >= 15 is 0 Å². The normalized spacial score (nSPS) is 14.0. The Morgan fingerprint density at radius 2 is 1.20 bits per heavy atom. The van der Waals surface area contributed by atoms with Crippen molar-refractivity contribution in [2.24, 2.45) is 0 Å². The number of rotatable bonds is 6. The van der Waals surface area contributed by atoms with Crippen LogP contribution in [-0.4, -0.2) is 9.13 Å². The van der Waals surface area contributed by atoms with E-state index in [1.807, 2.05) is 0 Å². The fraction of sp³-hybridized carbons (Fsp3) is 0.0952. The van der Waals surface area contributed by atoms with Crippen LogP contribution in [0.1, 0.15) is 26.7 Å². The second-order valence-corrected chi connectivity index (χ2v) is 11.8. The van der Waals surface area contributed by atoms with Gasteiger partial charge in [-0.25, -0.2) is 0 Å². The molecule has 0 radical (unpaired) electrons. The van der Waals surface area contributed by atoms with Gasteiger partial charge in [-0.3, -0.25) is 0 Å². The quantitative estimate of drug-likeness (QED) is 0.200. The Labute approximate surface area is 268 Å². The number of hydrogen-bond donors (Lipinski definition) is 2. The van der Waals surface area contributed by atoms with Crippen LogP contribution in [0.25, 0.3) is 56.2 Å². The molecule has 0 bridgehead atoms. The molecule has 2 N–H and O–H groups in total. The summed E-state index contributed by atoms with van der Waals surface area (Å²) in [6, 6.07) is 41.1. The summed E-state index contributed by atoms with van der Waals surface area (Å²) in [5.41, 5.74) is 10.2. The summed E-state index contributed by atoms with van der Waals surface area (Å²) < 4.78 is 4.74. The van der Waals surface area contributed by atoms with Crippen molar-refractivity contribution in [2.45, 2.75) is 26.7 Å². The van der Waals surface area contributed by atoms with Gasteiger partial charge in [-0.1, -0.05) is 72.8 Å². The van der Waals surface area contributed by atoms with Crippen molar-refractivity contribution in [1.82, 2.24) is 9.13 Å². The van der Waals surface area contributed by atoms with Crippen LogP contribution < -0.4 is 21.2 Å². The topological polar surface area (TPSA) is 33.9 Å². The zero-order valence-corrected chi connectivity index (χ0v) is 26.2. The predicted octanol–water partition coefficient (Wildman–Crippen LogP) is 10.0. The molecule has 0 amide bonds. The number of fused-ring (bicyclic) bond motifs is 4. The number of nitrogens with one attached hydrogen (secondary N) is 2. The van der Waals surface area contributed by atoms with Gasteiger partial charge in [0, 0.05) is 49.5 Å². The van der Waals surface area contributed by atoms with Gasteiger partial charge >= 0.3 is 0 Å². The van der Waals surface area contributed by atoms with Crippen molar-refractivity contribution in [3.63, 3.8) is 0 Å². The maximum atomic E-state index is 3.73. The minimum absolute atomic E-state index is 1.02. The summed E-state index contributed by atoms with van der Waals surface area (Å²) in [4.78, 5) is 0. The van der Waals surface area contributed by atoms with Gasteiger partial charge in [0.1, 0.15) is 0 Å². The first-order valence-electron chi connectivity index (χ1n) is 16.1. The monoisotopic (exact) mass is 596 g/mol. The Morgan fingerprint density at radius 1 is 0.565 bits per heavy atom. The summed E-state index contributed by atoms with van der Waals surface area (Å²) in [5.74, 6) is 0. The molecule has 7 aromatic rings. The van der Waals surface area contributed by atoms with Crippen molar-refractivity contribution >= 4 is 73.3 Å². The number of para-hydroxylation sites is 4. The van der Waals surface area contributed by atoms with Gasteiger partial charge in [0.05, 0.1) is 27.9 Å². The Hall–Kier alpha value is -5.74. The summed E-state index contributed by atoms with van der Waals surface area (Å²) >= 11 is 0. The molecule has 5 aromatic carbocycles. The van der Waals surface area contributed by atoms with Crippen molar-refractivity contribution in [2.75, 3.05) is 10.6 Å². The Bertz CT molecular complexity index is 2440. The van der Waals surface area contributed by atoms with E-state index in [1.165, 1.54) is 49.0 Å². The first kappa shape index (κ1) is 27.8. The average Bonchev–Trinajstić information content (AvgIpc) is 3.61. The first-order chi connectivity index (χ1) is 22.7. The molecule has 4 heteroatoms. The predicted molar refractivity (Wildman–Crippen MR) is 198 cm³/mol. The van der Waals surface area contributed by atoms with Gasteiger partial charge in [0.2, 0.25) is 0 Å². The Balaban J connectivity index is 1.16. The molecular formula is C42H36N4. The molecule has 46 heavy (non-hydrogen) atoms. The molecule has 2 aromatic heterocycles. The van der Waals surface area contributed by atoms with E-state index in [2.05, 4.69) is 179 Å². The number of aromatic nitrogens is 2. The van der Waals surface area contributed by atoms with Crippen LogP contribution >= 0.6 is 0 Å². The van der Waals surface area contributed by atoms with Crippen molar-refractivity contribution < 1.29 is 0 Å². The highest BCUT2D eigenvalue weighted by Crippen LogP contribution is 2.36. The van der Waals surface area contributed by atoms with Crippen LogP contribution in [0.2, 0.25) is 0 Å². The van der Waals surface area contributed by atoms with E-state index in [9.17, 15) is 0 Å². The second-order valence-electron chi connectivity index (χ2n) is 11.8. The van der Waals surface area contributed by atoms with Gasteiger partial charge in [-0.15, -0.1) is 0 Å². The summed E-state index contributed by atoms with van der Waals surface area (Å²) in [7, 11) is 0. The highest BCUT2D eigenvalue weighted by molar-refractivity contribution is 6.11. The minimum Gasteiger partial charge on any atom is -0.354 e. The maximum Gasteiger partial charge on any atom is 0.0623 e. The van der Waals surface area contributed by atoms with E-state index in [-0.39, 0.29) is 0 Å². The number of allylic oxidation sites excluding steroid dienone is 4. The van der Waals surface area contributed by atoms with Crippen LogP contribution in [0, 0.1) is 0 Å². The van der Waals surface area contributed by atoms with Crippen molar-refractivity contribution in [3.05, 3.63) is 144 Å². The standard InChI is InChI=1S/C42H36N4/c1-3-33-35-27-29(23-25-41(35)45(39(33)4-2)31-15-7-5-8-16-31)43-37-20-12-13-21-38(37)44-30-24-26-42-36(28-30)34-19-11-14-22-40(34)46(42)32-17-9-6-10-18-32/h3-5,7-9,11-28,43-44H,6,10H2,1-2H3/b33-3-,39-4+. The highest BCUT2D eigenvalue weighted by Gasteiger charge is 2.15. The molecule has 2 heterocycles. The molecule has 0 saturated heterocycles. The number of hydrogen-bond acceptors (Lipinski definition) is 2. The van der Waals surface area contributed by atoms with Gasteiger partial charge in [-0.05, 0) is 99.5 Å². The fourth-order valence-electron chi connectivity index (χ4n) is 6.96. The molecule has 1 aliphatic carbocycles. The third-order valence-corrected chi connectivity index (χ3v) is 9.01. The Morgan fingerprint density at radius 3 is 1.87 bits per heavy atom. The highest BCUT2D eigenvalue weighted by atomic mass is 15.0. The van der Waals surface area contributed by atoms with Crippen molar-refractivity contribution in [1.29, 1.82) is 0 Å². The maximum absolute atomic E-state index is 3.73. The van der Waals surface area contributed by atoms with Crippen LogP contribution in [0.3, 0.4) is 0 Å². The summed E-state index contributed by atoms with van der Waals surface area (Å²) in [6.45, 7) is 4.23. The number of benzene rings is 5. The lowest BCUT2D eigenvalue weighted by atomic mass is 10.1. The lowest BCUT2D eigenvalue weighted by Gasteiger charge is -2.15. The molecule has 8 rings (SSSR count). The zero-order valence-electron chi connectivity index (χ0n) is 26.2. The molecule has 224 valence electrons.